The highest BCUT2D eigenvalue weighted by atomic mass is 32.1. The van der Waals surface area contributed by atoms with Gasteiger partial charge in [0.2, 0.25) is 0 Å². The van der Waals surface area contributed by atoms with Crippen molar-refractivity contribution in [2.45, 2.75) is 6.92 Å². The van der Waals surface area contributed by atoms with Crippen LogP contribution in [-0.4, -0.2) is 9.91 Å². The summed E-state index contributed by atoms with van der Waals surface area (Å²) < 4.78 is 0. The van der Waals surface area contributed by atoms with E-state index in [1.807, 2.05) is 29.8 Å². The SMILES string of the molecule is Cc1ccsc1C=C(C#N)c1nc(-c2ccc([N+](=O)[O-])cc2)cs1. The lowest BCUT2D eigenvalue weighted by atomic mass is 10.1. The summed E-state index contributed by atoms with van der Waals surface area (Å²) in [6.45, 7) is 2.00. The molecule has 0 saturated heterocycles. The maximum Gasteiger partial charge on any atom is 0.269 e. The van der Waals surface area contributed by atoms with E-state index in [0.29, 0.717) is 16.3 Å². The molecule has 3 aromatic rings. The third kappa shape index (κ3) is 3.25. The van der Waals surface area contributed by atoms with E-state index in [1.165, 1.54) is 23.5 Å². The zero-order valence-electron chi connectivity index (χ0n) is 12.6. The molecule has 0 atom stereocenters. The zero-order chi connectivity index (χ0) is 17.1. The normalized spacial score (nSPS) is 11.2. The minimum absolute atomic E-state index is 0.0417. The van der Waals surface area contributed by atoms with Crippen LogP contribution in [0.25, 0.3) is 22.9 Å². The Bertz CT molecular complexity index is 962. The lowest BCUT2D eigenvalue weighted by molar-refractivity contribution is -0.384. The highest BCUT2D eigenvalue weighted by Gasteiger charge is 2.11. The predicted octanol–water partition coefficient (Wildman–Crippen LogP) is 5.15. The molecule has 2 aromatic heterocycles. The Balaban J connectivity index is 1.92. The van der Waals surface area contributed by atoms with Crippen molar-refractivity contribution in [2.24, 2.45) is 0 Å². The van der Waals surface area contributed by atoms with Crippen molar-refractivity contribution in [2.75, 3.05) is 0 Å². The van der Waals surface area contributed by atoms with Gasteiger partial charge in [0.05, 0.1) is 16.2 Å². The number of thiazole rings is 1. The molecule has 0 aliphatic heterocycles. The van der Waals surface area contributed by atoms with Gasteiger partial charge in [0.25, 0.3) is 5.69 Å². The lowest BCUT2D eigenvalue weighted by Crippen LogP contribution is -1.87. The molecule has 0 amide bonds. The topological polar surface area (TPSA) is 79.8 Å². The highest BCUT2D eigenvalue weighted by Crippen LogP contribution is 2.29. The number of aryl methyl sites for hydroxylation is 1. The fraction of sp³-hybridized carbons (Fsp3) is 0.0588. The molecule has 2 heterocycles. The number of nitro benzene ring substituents is 1. The first-order valence-electron chi connectivity index (χ1n) is 6.95. The van der Waals surface area contributed by atoms with Gasteiger partial charge in [-0.3, -0.25) is 10.1 Å². The van der Waals surface area contributed by atoms with Crippen molar-refractivity contribution in [1.29, 1.82) is 5.26 Å². The van der Waals surface area contributed by atoms with Crippen molar-refractivity contribution in [3.8, 4) is 17.3 Å². The first kappa shape index (κ1) is 16.1. The van der Waals surface area contributed by atoms with Crippen molar-refractivity contribution < 1.29 is 4.92 Å². The number of nitriles is 1. The van der Waals surface area contributed by atoms with Crippen LogP contribution in [0.5, 0.6) is 0 Å². The van der Waals surface area contributed by atoms with Gasteiger partial charge in [0.15, 0.2) is 0 Å². The van der Waals surface area contributed by atoms with Crippen molar-refractivity contribution >= 4 is 40.0 Å². The summed E-state index contributed by atoms with van der Waals surface area (Å²) in [5, 5.41) is 24.6. The van der Waals surface area contributed by atoms with E-state index in [0.717, 1.165) is 16.0 Å². The number of thiophene rings is 1. The second-order valence-corrected chi connectivity index (χ2v) is 6.79. The molecule has 0 bridgehead atoms. The summed E-state index contributed by atoms with van der Waals surface area (Å²) in [5.41, 5.74) is 3.17. The number of allylic oxidation sites excluding steroid dienone is 1. The summed E-state index contributed by atoms with van der Waals surface area (Å²) in [5.74, 6) is 0. The smallest absolute Gasteiger partial charge is 0.258 e. The van der Waals surface area contributed by atoms with Gasteiger partial charge in [-0.15, -0.1) is 22.7 Å². The number of nitrogens with zero attached hydrogens (tertiary/aromatic N) is 3. The minimum atomic E-state index is -0.434. The number of nitro groups is 1. The van der Waals surface area contributed by atoms with Crippen LogP contribution in [0.1, 0.15) is 15.4 Å². The number of benzene rings is 1. The average molecular weight is 353 g/mol. The van der Waals surface area contributed by atoms with Crippen LogP contribution in [0.3, 0.4) is 0 Å². The minimum Gasteiger partial charge on any atom is -0.258 e. The Hall–Kier alpha value is -2.82. The molecule has 0 unspecified atom stereocenters. The lowest BCUT2D eigenvalue weighted by Gasteiger charge is -1.97. The van der Waals surface area contributed by atoms with E-state index < -0.39 is 4.92 Å². The average Bonchev–Trinajstić information content (AvgIpc) is 3.22. The van der Waals surface area contributed by atoms with Gasteiger partial charge in [0, 0.05) is 28.0 Å². The number of hydrogen-bond acceptors (Lipinski definition) is 6. The van der Waals surface area contributed by atoms with Crippen molar-refractivity contribution in [1.82, 2.24) is 4.98 Å². The molecule has 5 nitrogen and oxygen atoms in total. The molecule has 0 aliphatic rings. The standard InChI is InChI=1S/C17H11N3O2S2/c1-11-6-7-23-16(11)8-13(9-18)17-19-15(10-24-17)12-2-4-14(5-3-12)20(21)22/h2-8,10H,1H3. The first-order chi connectivity index (χ1) is 11.6. The molecule has 3 rings (SSSR count). The Morgan fingerprint density at radius 2 is 2.04 bits per heavy atom. The second-order valence-electron chi connectivity index (χ2n) is 4.98. The molecular formula is C17H11N3O2S2. The molecular weight excluding hydrogens is 342 g/mol. The molecule has 0 N–H and O–H groups in total. The molecule has 1 aromatic carbocycles. The van der Waals surface area contributed by atoms with Gasteiger partial charge in [-0.25, -0.2) is 4.98 Å². The van der Waals surface area contributed by atoms with Crippen LogP contribution in [-0.2, 0) is 0 Å². The monoisotopic (exact) mass is 353 g/mol. The van der Waals surface area contributed by atoms with Crippen molar-refractivity contribution in [3.63, 3.8) is 0 Å². The van der Waals surface area contributed by atoms with Gasteiger partial charge < -0.3 is 0 Å². The van der Waals surface area contributed by atoms with E-state index in [4.69, 9.17) is 0 Å². The molecule has 0 spiro atoms. The molecule has 0 fully saturated rings. The van der Waals surface area contributed by atoms with E-state index in [1.54, 1.807) is 23.5 Å². The Morgan fingerprint density at radius 3 is 2.62 bits per heavy atom. The Kier molecular flexibility index (Phi) is 4.51. The van der Waals surface area contributed by atoms with Crippen molar-refractivity contribution in [3.05, 3.63) is 66.7 Å². The fourth-order valence-electron chi connectivity index (χ4n) is 2.09. The van der Waals surface area contributed by atoms with Crippen LogP contribution in [0.15, 0.2) is 41.1 Å². The van der Waals surface area contributed by atoms with Crippen LogP contribution >= 0.6 is 22.7 Å². The summed E-state index contributed by atoms with van der Waals surface area (Å²) in [6.07, 6.45) is 1.85. The third-order valence-corrected chi connectivity index (χ3v) is 5.25. The maximum atomic E-state index is 10.7. The first-order valence-corrected chi connectivity index (χ1v) is 8.71. The number of rotatable bonds is 4. The molecule has 24 heavy (non-hydrogen) atoms. The maximum absolute atomic E-state index is 10.7. The summed E-state index contributed by atoms with van der Waals surface area (Å²) in [4.78, 5) is 15.8. The van der Waals surface area contributed by atoms with E-state index in [2.05, 4.69) is 11.1 Å². The summed E-state index contributed by atoms with van der Waals surface area (Å²) in [7, 11) is 0. The summed E-state index contributed by atoms with van der Waals surface area (Å²) >= 11 is 2.97. The van der Waals surface area contributed by atoms with Gasteiger partial charge in [-0.05, 0) is 42.1 Å². The molecule has 0 radical (unpaired) electrons. The summed E-state index contributed by atoms with van der Waals surface area (Å²) in [6, 6.07) is 10.4. The third-order valence-electron chi connectivity index (χ3n) is 3.41. The van der Waals surface area contributed by atoms with Crippen LogP contribution in [0.2, 0.25) is 0 Å². The van der Waals surface area contributed by atoms with Gasteiger partial charge in [0.1, 0.15) is 11.1 Å². The molecule has 118 valence electrons. The van der Waals surface area contributed by atoms with Crippen LogP contribution in [0, 0.1) is 28.4 Å². The largest absolute Gasteiger partial charge is 0.269 e. The number of aromatic nitrogens is 1. The van der Waals surface area contributed by atoms with E-state index in [9.17, 15) is 15.4 Å². The highest BCUT2D eigenvalue weighted by molar-refractivity contribution is 7.12. The zero-order valence-corrected chi connectivity index (χ0v) is 14.2. The van der Waals surface area contributed by atoms with Gasteiger partial charge in [-0.2, -0.15) is 5.26 Å². The molecule has 0 aliphatic carbocycles. The number of non-ortho nitro benzene ring substituents is 1. The van der Waals surface area contributed by atoms with E-state index in [-0.39, 0.29) is 5.69 Å². The van der Waals surface area contributed by atoms with E-state index >= 15 is 0 Å². The Labute approximate surface area is 146 Å². The quantitative estimate of drug-likeness (QED) is 0.369. The van der Waals surface area contributed by atoms with Crippen LogP contribution in [0.4, 0.5) is 5.69 Å². The Morgan fingerprint density at radius 1 is 1.29 bits per heavy atom. The van der Waals surface area contributed by atoms with Gasteiger partial charge >= 0.3 is 0 Å². The van der Waals surface area contributed by atoms with Crippen LogP contribution < -0.4 is 0 Å². The predicted molar refractivity (Wildman–Crippen MR) is 96.7 cm³/mol. The van der Waals surface area contributed by atoms with Gasteiger partial charge in [-0.1, -0.05) is 0 Å². The fourth-order valence-corrected chi connectivity index (χ4v) is 3.74. The number of hydrogen-bond donors (Lipinski definition) is 0. The molecule has 7 heteroatoms. The molecule has 0 saturated carbocycles. The second kappa shape index (κ2) is 6.74.